The zero-order valence-electron chi connectivity index (χ0n) is 39.8. The molecule has 1 rings (SSSR count). The predicted octanol–water partition coefficient (Wildman–Crippen LogP) is 11.1. The standard InChI is InChI=1S/C48H94NO12P/c1-5-8-11-14-17-20-23-26-29-32-36-58-41(34-31-28-25-22-19-16-13-10-7-3)35-37-59-46-44(47(48(52)53)60-42(39-57-4)45(46)61-62(54,55)56)49-43(51)38-40(50)33-30-27-24-21-18-15-12-9-6-2/h40-42,44-47,50H,5-39H2,1-4H3,(H,49,51)(H,52,53)(H2,54,55,56)/t40-,41-,42-,44-,45-,46-,47+/m1/s1. The van der Waals surface area contributed by atoms with Crippen molar-refractivity contribution in [3.63, 3.8) is 0 Å². The molecule has 0 saturated carbocycles. The first-order valence-electron chi connectivity index (χ1n) is 25.3. The fourth-order valence-electron chi connectivity index (χ4n) is 8.51. The van der Waals surface area contributed by atoms with Crippen molar-refractivity contribution in [3.8, 4) is 0 Å². The second-order valence-electron chi connectivity index (χ2n) is 17.9. The highest BCUT2D eigenvalue weighted by Gasteiger charge is 2.52. The summed E-state index contributed by atoms with van der Waals surface area (Å²) >= 11 is 0. The third-order valence-corrected chi connectivity index (χ3v) is 12.7. The molecule has 0 aliphatic carbocycles. The van der Waals surface area contributed by atoms with Crippen molar-refractivity contribution < 1.29 is 57.6 Å². The van der Waals surface area contributed by atoms with Gasteiger partial charge < -0.3 is 44.3 Å². The van der Waals surface area contributed by atoms with Crippen LogP contribution in [0.15, 0.2) is 0 Å². The largest absolute Gasteiger partial charge is 0.479 e. The van der Waals surface area contributed by atoms with Gasteiger partial charge in [0.15, 0.2) is 6.10 Å². The first kappa shape index (κ1) is 58.9. The summed E-state index contributed by atoms with van der Waals surface area (Å²) in [5.74, 6) is -2.01. The number of nitrogens with one attached hydrogen (secondary N) is 1. The molecular weight excluding hydrogens is 813 g/mol. The van der Waals surface area contributed by atoms with Crippen LogP contribution in [0.2, 0.25) is 0 Å². The van der Waals surface area contributed by atoms with E-state index < -0.39 is 56.3 Å². The molecule has 1 amide bonds. The van der Waals surface area contributed by atoms with Crippen molar-refractivity contribution in [3.05, 3.63) is 0 Å². The topological polar surface area (TPSA) is 190 Å². The number of unbranched alkanes of at least 4 members (excludes halogenated alkanes) is 25. The number of carboxylic acids is 1. The molecular formula is C48H94NO12P. The molecule has 0 spiro atoms. The summed E-state index contributed by atoms with van der Waals surface area (Å²) in [6.07, 6.45) is 27.9. The molecule has 0 radical (unpaired) electrons. The molecule has 0 bridgehead atoms. The second-order valence-corrected chi connectivity index (χ2v) is 19.1. The minimum atomic E-state index is -5.15. The maximum absolute atomic E-state index is 13.4. The van der Waals surface area contributed by atoms with Gasteiger partial charge in [-0.25, -0.2) is 9.36 Å². The number of methoxy groups -OCH3 is 1. The van der Waals surface area contributed by atoms with E-state index >= 15 is 0 Å². The summed E-state index contributed by atoms with van der Waals surface area (Å²) in [5, 5.41) is 23.7. The number of rotatable bonds is 44. The fourth-order valence-corrected chi connectivity index (χ4v) is 9.08. The van der Waals surface area contributed by atoms with Gasteiger partial charge in [-0.3, -0.25) is 9.32 Å². The van der Waals surface area contributed by atoms with Crippen LogP contribution in [0.25, 0.3) is 0 Å². The maximum Gasteiger partial charge on any atom is 0.470 e. The molecule has 62 heavy (non-hydrogen) atoms. The van der Waals surface area contributed by atoms with E-state index in [1.807, 2.05) is 0 Å². The van der Waals surface area contributed by atoms with Crippen LogP contribution in [0.5, 0.6) is 0 Å². The van der Waals surface area contributed by atoms with Gasteiger partial charge in [-0.2, -0.15) is 0 Å². The summed E-state index contributed by atoms with van der Waals surface area (Å²) in [4.78, 5) is 46.0. The van der Waals surface area contributed by atoms with Crippen molar-refractivity contribution in [1.29, 1.82) is 0 Å². The highest BCUT2D eigenvalue weighted by molar-refractivity contribution is 7.46. The van der Waals surface area contributed by atoms with E-state index in [0.717, 1.165) is 57.8 Å². The molecule has 368 valence electrons. The van der Waals surface area contributed by atoms with Gasteiger partial charge in [-0.1, -0.05) is 194 Å². The van der Waals surface area contributed by atoms with E-state index in [2.05, 4.69) is 26.1 Å². The number of phosphoric ester groups is 1. The van der Waals surface area contributed by atoms with E-state index in [-0.39, 0.29) is 25.7 Å². The van der Waals surface area contributed by atoms with Gasteiger partial charge >= 0.3 is 13.8 Å². The maximum atomic E-state index is 13.4. The monoisotopic (exact) mass is 908 g/mol. The van der Waals surface area contributed by atoms with Gasteiger partial charge in [0.1, 0.15) is 18.3 Å². The smallest absolute Gasteiger partial charge is 0.470 e. The number of amides is 1. The van der Waals surface area contributed by atoms with Gasteiger partial charge in [-0.05, 0) is 25.7 Å². The lowest BCUT2D eigenvalue weighted by Gasteiger charge is -2.45. The number of hydrogen-bond acceptors (Lipinski definition) is 9. The normalized spacial score (nSPS) is 20.3. The van der Waals surface area contributed by atoms with Crippen molar-refractivity contribution in [1.82, 2.24) is 5.32 Å². The van der Waals surface area contributed by atoms with Crippen LogP contribution in [-0.2, 0) is 37.6 Å². The highest BCUT2D eigenvalue weighted by Crippen LogP contribution is 2.42. The Morgan fingerprint density at radius 1 is 0.629 bits per heavy atom. The molecule has 1 saturated heterocycles. The minimum absolute atomic E-state index is 0.0610. The quantitative estimate of drug-likeness (QED) is 0.0288. The van der Waals surface area contributed by atoms with E-state index in [9.17, 15) is 34.2 Å². The summed E-state index contributed by atoms with van der Waals surface area (Å²) in [6, 6.07) is -1.38. The average Bonchev–Trinajstić information content (AvgIpc) is 3.22. The zero-order valence-corrected chi connectivity index (χ0v) is 40.7. The number of carboxylic acid groups (broad SMARTS) is 1. The Labute approximate surface area is 377 Å². The minimum Gasteiger partial charge on any atom is -0.479 e. The molecule has 0 unspecified atom stereocenters. The first-order valence-corrected chi connectivity index (χ1v) is 26.8. The molecule has 1 fully saturated rings. The van der Waals surface area contributed by atoms with Crippen LogP contribution in [0.3, 0.4) is 0 Å². The molecule has 0 aromatic carbocycles. The van der Waals surface area contributed by atoms with Gasteiger partial charge in [0.25, 0.3) is 0 Å². The van der Waals surface area contributed by atoms with Gasteiger partial charge in [0.2, 0.25) is 5.91 Å². The molecule has 13 nitrogen and oxygen atoms in total. The zero-order chi connectivity index (χ0) is 45.7. The molecule has 0 aromatic rings. The number of ether oxygens (including phenoxy) is 4. The predicted molar refractivity (Wildman–Crippen MR) is 247 cm³/mol. The molecule has 5 N–H and O–H groups in total. The molecule has 14 heteroatoms. The summed E-state index contributed by atoms with van der Waals surface area (Å²) in [7, 11) is -3.79. The Morgan fingerprint density at radius 2 is 1.08 bits per heavy atom. The van der Waals surface area contributed by atoms with Gasteiger partial charge in [-0.15, -0.1) is 0 Å². The average molecular weight is 908 g/mol. The summed E-state index contributed by atoms with van der Waals surface area (Å²) < 4.78 is 41.4. The number of phosphoric acid groups is 1. The van der Waals surface area contributed by atoms with Crippen molar-refractivity contribution >= 4 is 19.7 Å². The van der Waals surface area contributed by atoms with Crippen LogP contribution in [0.1, 0.15) is 226 Å². The number of carbonyl (C=O) groups excluding carboxylic acids is 1. The first-order chi connectivity index (χ1) is 30.0. The lowest BCUT2D eigenvalue weighted by atomic mass is 9.92. The van der Waals surface area contributed by atoms with E-state index in [1.165, 1.54) is 136 Å². The van der Waals surface area contributed by atoms with Gasteiger partial charge in [0, 0.05) is 20.3 Å². The van der Waals surface area contributed by atoms with Crippen molar-refractivity contribution in [2.24, 2.45) is 0 Å². The van der Waals surface area contributed by atoms with Crippen LogP contribution in [0.4, 0.5) is 0 Å². The van der Waals surface area contributed by atoms with E-state index in [1.54, 1.807) is 0 Å². The Morgan fingerprint density at radius 3 is 1.53 bits per heavy atom. The lowest BCUT2D eigenvalue weighted by molar-refractivity contribution is -0.215. The Bertz CT molecular complexity index is 1110. The fraction of sp³-hybridized carbons (Fsp3) is 0.958. The molecule has 1 aliphatic rings. The number of carbonyl (C=O) groups is 2. The number of aliphatic carboxylic acids is 1. The molecule has 1 heterocycles. The second kappa shape index (κ2) is 39.1. The number of aliphatic hydroxyl groups is 1. The highest BCUT2D eigenvalue weighted by atomic mass is 31.2. The molecule has 1 aliphatic heterocycles. The van der Waals surface area contributed by atoms with Gasteiger partial charge in [0.05, 0.1) is 31.3 Å². The molecule has 7 atom stereocenters. The number of aliphatic hydroxyl groups excluding tert-OH is 1. The van der Waals surface area contributed by atoms with Crippen LogP contribution in [-0.4, -0.2) is 101 Å². The Balaban J connectivity index is 2.99. The Hall–Kier alpha value is -1.15. The van der Waals surface area contributed by atoms with Crippen molar-refractivity contribution in [2.75, 3.05) is 26.9 Å². The van der Waals surface area contributed by atoms with Crippen molar-refractivity contribution in [2.45, 2.75) is 269 Å². The van der Waals surface area contributed by atoms with Crippen LogP contribution < -0.4 is 5.32 Å². The SMILES string of the molecule is CCCCCCCCCCCCO[C@H](CCCCCCCCCCC)CCO[C@@H]1[C@@H](NC(=O)C[C@H](O)CCCCCCCCCCC)[C@@H](C(=O)O)O[C@H](COC)[C@H]1OP(=O)(O)O. The third kappa shape index (κ3) is 30.9. The summed E-state index contributed by atoms with van der Waals surface area (Å²) in [5.41, 5.74) is 0. The lowest BCUT2D eigenvalue weighted by Crippen LogP contribution is -2.67. The van der Waals surface area contributed by atoms with E-state index in [4.69, 9.17) is 23.5 Å². The number of hydrogen-bond donors (Lipinski definition) is 5. The van der Waals surface area contributed by atoms with E-state index in [0.29, 0.717) is 19.4 Å². The molecule has 0 aromatic heterocycles. The van der Waals surface area contributed by atoms with Crippen LogP contribution >= 0.6 is 7.82 Å². The third-order valence-electron chi connectivity index (χ3n) is 12.1. The Kier molecular flexibility index (Phi) is 37.1. The summed E-state index contributed by atoms with van der Waals surface area (Å²) in [6.45, 7) is 7.11. The van der Waals surface area contributed by atoms with Crippen LogP contribution in [0, 0.1) is 0 Å².